The van der Waals surface area contributed by atoms with Gasteiger partial charge in [0.1, 0.15) is 5.82 Å². The molecule has 2 heterocycles. The van der Waals surface area contributed by atoms with Crippen LogP contribution in [0, 0.1) is 12.8 Å². The predicted octanol–water partition coefficient (Wildman–Crippen LogP) is 2.54. The first-order valence-corrected chi connectivity index (χ1v) is 9.22. The van der Waals surface area contributed by atoms with Crippen molar-refractivity contribution >= 4 is 26.7 Å². The van der Waals surface area contributed by atoms with E-state index in [1.54, 1.807) is 29.2 Å². The molecule has 128 valence electrons. The van der Waals surface area contributed by atoms with E-state index in [1.165, 1.54) is 0 Å². The van der Waals surface area contributed by atoms with Gasteiger partial charge in [-0.2, -0.15) is 8.42 Å². The highest BCUT2D eigenvalue weighted by atomic mass is 32.2. The number of rotatable bonds is 5. The molecule has 1 N–H and O–H groups in total. The fourth-order valence-corrected chi connectivity index (χ4v) is 3.59. The Bertz CT molecular complexity index is 985. The van der Waals surface area contributed by atoms with Gasteiger partial charge in [-0.25, -0.2) is 9.97 Å². The van der Waals surface area contributed by atoms with Gasteiger partial charge in [0.25, 0.3) is 10.0 Å². The number of hydrogen-bond acceptors (Lipinski definition) is 4. The van der Waals surface area contributed by atoms with Gasteiger partial charge in [0, 0.05) is 19.8 Å². The second-order valence-electron chi connectivity index (χ2n) is 6.33. The van der Waals surface area contributed by atoms with Crippen molar-refractivity contribution < 1.29 is 8.42 Å². The quantitative estimate of drug-likeness (QED) is 0.769. The van der Waals surface area contributed by atoms with Crippen molar-refractivity contribution in [3.63, 3.8) is 0 Å². The summed E-state index contributed by atoms with van der Waals surface area (Å²) in [5.41, 5.74) is 2.18. The molecule has 0 spiro atoms. The molecule has 3 rings (SSSR count). The van der Waals surface area contributed by atoms with Crippen molar-refractivity contribution in [2.75, 3.05) is 4.72 Å². The topological polar surface area (TPSA) is 81.8 Å². The van der Waals surface area contributed by atoms with Gasteiger partial charge in [-0.05, 0) is 31.0 Å². The molecule has 0 saturated heterocycles. The van der Waals surface area contributed by atoms with E-state index in [0.717, 1.165) is 23.4 Å². The number of aryl methyl sites for hydroxylation is 2. The average molecular weight is 347 g/mol. The van der Waals surface area contributed by atoms with Crippen LogP contribution >= 0.6 is 0 Å². The van der Waals surface area contributed by atoms with Gasteiger partial charge in [-0.3, -0.25) is 4.72 Å². The average Bonchev–Trinajstić information content (AvgIpc) is 3.04. The lowest BCUT2D eigenvalue weighted by molar-refractivity contribution is 0.522. The molecule has 0 aliphatic heterocycles. The number of nitrogens with zero attached hydrogens (tertiary/aromatic N) is 4. The van der Waals surface area contributed by atoms with Crippen LogP contribution in [0.5, 0.6) is 0 Å². The first-order chi connectivity index (χ1) is 11.3. The van der Waals surface area contributed by atoms with E-state index < -0.39 is 10.0 Å². The van der Waals surface area contributed by atoms with Crippen LogP contribution in [0.15, 0.2) is 35.7 Å². The Morgan fingerprint density at radius 3 is 2.75 bits per heavy atom. The van der Waals surface area contributed by atoms with Crippen LogP contribution < -0.4 is 4.72 Å². The molecule has 2 aromatic heterocycles. The lowest BCUT2D eigenvalue weighted by Crippen LogP contribution is -2.13. The van der Waals surface area contributed by atoms with E-state index in [-0.39, 0.29) is 5.03 Å². The Morgan fingerprint density at radius 2 is 2.04 bits per heavy atom. The molecule has 7 nitrogen and oxygen atoms in total. The highest BCUT2D eigenvalue weighted by molar-refractivity contribution is 7.92. The van der Waals surface area contributed by atoms with Gasteiger partial charge < -0.3 is 9.13 Å². The fourth-order valence-electron chi connectivity index (χ4n) is 2.59. The summed E-state index contributed by atoms with van der Waals surface area (Å²) < 4.78 is 31.3. The summed E-state index contributed by atoms with van der Waals surface area (Å²) in [6, 6.07) is 5.31. The Hall–Kier alpha value is -2.35. The molecule has 0 atom stereocenters. The summed E-state index contributed by atoms with van der Waals surface area (Å²) in [4.78, 5) is 8.43. The zero-order valence-electron chi connectivity index (χ0n) is 14.2. The van der Waals surface area contributed by atoms with E-state index in [0.29, 0.717) is 11.6 Å². The largest absolute Gasteiger partial charge is 0.336 e. The number of fused-ring (bicyclic) bond motifs is 1. The summed E-state index contributed by atoms with van der Waals surface area (Å²) in [5, 5.41) is 0.0143. The standard InChI is InChI=1S/C16H21N5O2S/c1-11(2)8-21-9-16(17-10-21)24(22,23)19-13-5-6-15-14(7-13)18-12(3)20(15)4/h5-7,9-11,19H,8H2,1-4H3. The number of benzene rings is 1. The lowest BCUT2D eigenvalue weighted by Gasteiger charge is -2.06. The summed E-state index contributed by atoms with van der Waals surface area (Å²) >= 11 is 0. The molecule has 0 aliphatic carbocycles. The van der Waals surface area contributed by atoms with Gasteiger partial charge in [-0.15, -0.1) is 0 Å². The monoisotopic (exact) mass is 347 g/mol. The third-order valence-corrected chi connectivity index (χ3v) is 5.08. The Kier molecular flexibility index (Phi) is 4.08. The second-order valence-corrected chi connectivity index (χ2v) is 7.96. The van der Waals surface area contributed by atoms with Crippen LogP contribution in [0.25, 0.3) is 11.0 Å². The Morgan fingerprint density at radius 1 is 1.29 bits per heavy atom. The molecule has 8 heteroatoms. The number of imidazole rings is 2. The number of nitrogens with one attached hydrogen (secondary N) is 1. The third kappa shape index (κ3) is 3.14. The molecule has 0 aliphatic rings. The SMILES string of the molecule is Cc1nc2cc(NS(=O)(=O)c3cn(CC(C)C)cn3)ccc2n1C. The maximum absolute atomic E-state index is 12.5. The minimum Gasteiger partial charge on any atom is -0.336 e. The number of hydrogen-bond donors (Lipinski definition) is 1. The Balaban J connectivity index is 1.87. The Labute approximate surface area is 141 Å². The van der Waals surface area contributed by atoms with Crippen LogP contribution in [0.2, 0.25) is 0 Å². The van der Waals surface area contributed by atoms with Crippen LogP contribution in [0.4, 0.5) is 5.69 Å². The molecule has 0 radical (unpaired) electrons. The molecule has 1 aromatic carbocycles. The van der Waals surface area contributed by atoms with E-state index in [1.807, 2.05) is 24.6 Å². The van der Waals surface area contributed by atoms with Gasteiger partial charge in [0.15, 0.2) is 5.03 Å². The fraction of sp³-hybridized carbons (Fsp3) is 0.375. The van der Waals surface area contributed by atoms with Crippen molar-refractivity contribution in [2.45, 2.75) is 32.3 Å². The highest BCUT2D eigenvalue weighted by Crippen LogP contribution is 2.21. The third-order valence-electron chi connectivity index (χ3n) is 3.82. The van der Waals surface area contributed by atoms with Crippen LogP contribution in [0.1, 0.15) is 19.7 Å². The summed E-state index contributed by atoms with van der Waals surface area (Å²) in [6.07, 6.45) is 3.09. The maximum atomic E-state index is 12.5. The lowest BCUT2D eigenvalue weighted by atomic mass is 10.2. The number of aromatic nitrogens is 4. The first kappa shape index (κ1) is 16.5. The smallest absolute Gasteiger partial charge is 0.280 e. The summed E-state index contributed by atoms with van der Waals surface area (Å²) in [6.45, 7) is 6.76. The normalized spacial score (nSPS) is 12.2. The minimum absolute atomic E-state index is 0.0143. The zero-order chi connectivity index (χ0) is 17.5. The summed E-state index contributed by atoms with van der Waals surface area (Å²) in [7, 11) is -1.79. The van der Waals surface area contributed by atoms with E-state index >= 15 is 0 Å². The van der Waals surface area contributed by atoms with Crippen molar-refractivity contribution in [3.8, 4) is 0 Å². The molecule has 0 bridgehead atoms. The van der Waals surface area contributed by atoms with Crippen molar-refractivity contribution in [3.05, 3.63) is 36.5 Å². The number of sulfonamides is 1. The van der Waals surface area contributed by atoms with Crippen LogP contribution in [-0.2, 0) is 23.6 Å². The molecule has 3 aromatic rings. The minimum atomic E-state index is -3.72. The molecule has 24 heavy (non-hydrogen) atoms. The summed E-state index contributed by atoms with van der Waals surface area (Å²) in [5.74, 6) is 1.29. The second kappa shape index (κ2) is 5.94. The van der Waals surface area contributed by atoms with Crippen LogP contribution in [0.3, 0.4) is 0 Å². The van der Waals surface area contributed by atoms with Crippen molar-refractivity contribution in [1.29, 1.82) is 0 Å². The first-order valence-electron chi connectivity index (χ1n) is 7.74. The van der Waals surface area contributed by atoms with E-state index in [2.05, 4.69) is 28.5 Å². The van der Waals surface area contributed by atoms with Crippen molar-refractivity contribution in [1.82, 2.24) is 19.1 Å². The molecular formula is C16H21N5O2S. The highest BCUT2D eigenvalue weighted by Gasteiger charge is 2.18. The van der Waals surface area contributed by atoms with Gasteiger partial charge in [0.05, 0.1) is 23.0 Å². The zero-order valence-corrected chi connectivity index (χ0v) is 15.0. The molecule has 0 saturated carbocycles. The van der Waals surface area contributed by atoms with Gasteiger partial charge >= 0.3 is 0 Å². The molecule has 0 amide bonds. The van der Waals surface area contributed by atoms with Crippen molar-refractivity contribution in [2.24, 2.45) is 13.0 Å². The molecular weight excluding hydrogens is 326 g/mol. The molecule has 0 unspecified atom stereocenters. The number of anilines is 1. The maximum Gasteiger partial charge on any atom is 0.280 e. The van der Waals surface area contributed by atoms with Gasteiger partial charge in [0.2, 0.25) is 0 Å². The van der Waals surface area contributed by atoms with Crippen LogP contribution in [-0.4, -0.2) is 27.5 Å². The van der Waals surface area contributed by atoms with E-state index in [9.17, 15) is 8.42 Å². The predicted molar refractivity (Wildman–Crippen MR) is 93.3 cm³/mol. The van der Waals surface area contributed by atoms with Gasteiger partial charge in [-0.1, -0.05) is 13.8 Å². The van der Waals surface area contributed by atoms with E-state index in [4.69, 9.17) is 0 Å². The molecule has 0 fully saturated rings.